The minimum absolute atomic E-state index is 0.287. The Morgan fingerprint density at radius 1 is 1.26 bits per heavy atom. The van der Waals surface area contributed by atoms with Gasteiger partial charge in [-0.15, -0.1) is 11.3 Å². The monoisotopic (exact) mass is 292 g/mol. The molecule has 1 atom stereocenters. The van der Waals surface area contributed by atoms with Crippen LogP contribution in [0, 0.1) is 5.92 Å². The normalized spacial score (nSPS) is 18.8. The SMILES string of the molecule is NNC(CC1CCSCC1)c1cccc2ccsc12. The Morgan fingerprint density at radius 2 is 2.11 bits per heavy atom. The van der Waals surface area contributed by atoms with E-state index in [1.807, 2.05) is 11.3 Å². The van der Waals surface area contributed by atoms with Crippen molar-refractivity contribution in [1.82, 2.24) is 5.43 Å². The zero-order chi connectivity index (χ0) is 13.1. The lowest BCUT2D eigenvalue weighted by atomic mass is 9.91. The van der Waals surface area contributed by atoms with Crippen molar-refractivity contribution >= 4 is 33.2 Å². The number of hydrazine groups is 1. The number of benzene rings is 1. The maximum absolute atomic E-state index is 5.83. The van der Waals surface area contributed by atoms with Crippen LogP contribution < -0.4 is 11.3 Å². The summed E-state index contributed by atoms with van der Waals surface area (Å²) in [7, 11) is 0. The summed E-state index contributed by atoms with van der Waals surface area (Å²) in [5, 5.41) is 3.50. The summed E-state index contributed by atoms with van der Waals surface area (Å²) in [5.41, 5.74) is 4.42. The van der Waals surface area contributed by atoms with Crippen LogP contribution in [0.25, 0.3) is 10.1 Å². The lowest BCUT2D eigenvalue weighted by Crippen LogP contribution is -2.30. The average Bonchev–Trinajstić information content (AvgIpc) is 2.94. The van der Waals surface area contributed by atoms with Crippen LogP contribution in [-0.2, 0) is 0 Å². The van der Waals surface area contributed by atoms with Gasteiger partial charge >= 0.3 is 0 Å². The van der Waals surface area contributed by atoms with Gasteiger partial charge in [0.2, 0.25) is 0 Å². The Balaban J connectivity index is 1.82. The number of fused-ring (bicyclic) bond motifs is 1. The summed E-state index contributed by atoms with van der Waals surface area (Å²) < 4.78 is 1.38. The van der Waals surface area contributed by atoms with E-state index in [1.165, 1.54) is 40.0 Å². The van der Waals surface area contributed by atoms with Crippen molar-refractivity contribution in [2.75, 3.05) is 11.5 Å². The molecule has 2 aromatic rings. The van der Waals surface area contributed by atoms with Gasteiger partial charge in [0.15, 0.2) is 0 Å². The lowest BCUT2D eigenvalue weighted by Gasteiger charge is -2.26. The van der Waals surface area contributed by atoms with Crippen LogP contribution >= 0.6 is 23.1 Å². The number of hydrogen-bond acceptors (Lipinski definition) is 4. The van der Waals surface area contributed by atoms with E-state index in [1.54, 1.807) is 0 Å². The summed E-state index contributed by atoms with van der Waals surface area (Å²) in [6, 6.07) is 9.02. The fourth-order valence-electron chi connectivity index (χ4n) is 2.89. The molecule has 0 spiro atoms. The van der Waals surface area contributed by atoms with E-state index in [0.29, 0.717) is 0 Å². The molecule has 1 aliphatic rings. The third-order valence-corrected chi connectivity index (χ3v) is 6.02. The first-order chi connectivity index (χ1) is 9.38. The van der Waals surface area contributed by atoms with E-state index in [0.717, 1.165) is 12.3 Å². The van der Waals surface area contributed by atoms with Crippen molar-refractivity contribution in [2.45, 2.75) is 25.3 Å². The van der Waals surface area contributed by atoms with E-state index in [2.05, 4.69) is 46.8 Å². The number of thiophene rings is 1. The molecule has 4 heteroatoms. The molecule has 1 aromatic heterocycles. The van der Waals surface area contributed by atoms with Crippen molar-refractivity contribution in [2.24, 2.45) is 11.8 Å². The van der Waals surface area contributed by atoms with Gasteiger partial charge < -0.3 is 0 Å². The Bertz CT molecular complexity index is 532. The summed E-state index contributed by atoms with van der Waals surface area (Å²) >= 11 is 3.90. The third kappa shape index (κ3) is 2.97. The van der Waals surface area contributed by atoms with Gasteiger partial charge in [0.1, 0.15) is 0 Å². The minimum atomic E-state index is 0.287. The Hall–Kier alpha value is -0.550. The zero-order valence-corrected chi connectivity index (χ0v) is 12.6. The maximum atomic E-state index is 5.83. The molecule has 1 aliphatic heterocycles. The first kappa shape index (κ1) is 13.4. The molecule has 0 radical (unpaired) electrons. The molecular weight excluding hydrogens is 272 g/mol. The molecule has 2 heterocycles. The highest BCUT2D eigenvalue weighted by Crippen LogP contribution is 2.35. The number of thioether (sulfide) groups is 1. The Labute approximate surface area is 122 Å². The van der Waals surface area contributed by atoms with Gasteiger partial charge in [-0.1, -0.05) is 18.2 Å². The van der Waals surface area contributed by atoms with Gasteiger partial charge in [-0.2, -0.15) is 11.8 Å². The van der Waals surface area contributed by atoms with Crippen molar-refractivity contribution in [3.63, 3.8) is 0 Å². The molecule has 102 valence electrons. The second kappa shape index (κ2) is 6.27. The smallest absolute Gasteiger partial charge is 0.0476 e. The van der Waals surface area contributed by atoms with Gasteiger partial charge in [0.25, 0.3) is 0 Å². The third-order valence-electron chi connectivity index (χ3n) is 4.00. The molecule has 0 aliphatic carbocycles. The highest BCUT2D eigenvalue weighted by Gasteiger charge is 2.21. The number of nitrogens with one attached hydrogen (secondary N) is 1. The van der Waals surface area contributed by atoms with Gasteiger partial charge in [-0.3, -0.25) is 11.3 Å². The van der Waals surface area contributed by atoms with Crippen LogP contribution in [0.15, 0.2) is 29.6 Å². The Kier molecular flexibility index (Phi) is 4.43. The molecule has 3 N–H and O–H groups in total. The standard InChI is InChI=1S/C15H20N2S2/c16-17-14(10-11-4-7-18-8-5-11)13-3-1-2-12-6-9-19-15(12)13/h1-3,6,9,11,14,17H,4-5,7-8,10,16H2. The second-order valence-corrected chi connectivity index (χ2v) is 7.34. The molecule has 1 aromatic carbocycles. The molecule has 3 rings (SSSR count). The molecule has 0 bridgehead atoms. The van der Waals surface area contributed by atoms with Crippen LogP contribution in [-0.4, -0.2) is 11.5 Å². The first-order valence-corrected chi connectivity index (χ1v) is 8.92. The summed E-state index contributed by atoms with van der Waals surface area (Å²) in [6.07, 6.45) is 3.83. The highest BCUT2D eigenvalue weighted by atomic mass is 32.2. The van der Waals surface area contributed by atoms with Crippen LogP contribution in [0.4, 0.5) is 0 Å². The average molecular weight is 292 g/mol. The van der Waals surface area contributed by atoms with Crippen molar-refractivity contribution < 1.29 is 0 Å². The predicted molar refractivity (Wildman–Crippen MR) is 86.6 cm³/mol. The zero-order valence-electron chi connectivity index (χ0n) is 11.0. The molecule has 1 unspecified atom stereocenters. The minimum Gasteiger partial charge on any atom is -0.271 e. The largest absolute Gasteiger partial charge is 0.271 e. The molecule has 0 saturated carbocycles. The van der Waals surface area contributed by atoms with E-state index < -0.39 is 0 Å². The fourth-order valence-corrected chi connectivity index (χ4v) is 5.06. The number of hydrogen-bond donors (Lipinski definition) is 2. The van der Waals surface area contributed by atoms with Gasteiger partial charge in [-0.05, 0) is 59.1 Å². The van der Waals surface area contributed by atoms with Crippen LogP contribution in [0.2, 0.25) is 0 Å². The molecule has 1 saturated heterocycles. The number of nitrogens with two attached hydrogens (primary N) is 1. The summed E-state index contributed by atoms with van der Waals surface area (Å²) in [6.45, 7) is 0. The molecule has 0 amide bonds. The first-order valence-electron chi connectivity index (χ1n) is 6.88. The summed E-state index contributed by atoms with van der Waals surface area (Å²) in [4.78, 5) is 0. The van der Waals surface area contributed by atoms with E-state index >= 15 is 0 Å². The maximum Gasteiger partial charge on any atom is 0.0476 e. The second-order valence-electron chi connectivity index (χ2n) is 5.20. The van der Waals surface area contributed by atoms with E-state index in [4.69, 9.17) is 5.84 Å². The number of rotatable bonds is 4. The summed E-state index contributed by atoms with van der Waals surface area (Å²) in [5.74, 6) is 9.27. The van der Waals surface area contributed by atoms with Gasteiger partial charge in [-0.25, -0.2) is 0 Å². The topological polar surface area (TPSA) is 38.0 Å². The van der Waals surface area contributed by atoms with Gasteiger partial charge in [0.05, 0.1) is 0 Å². The molecular formula is C15H20N2S2. The van der Waals surface area contributed by atoms with Crippen LogP contribution in [0.3, 0.4) is 0 Å². The van der Waals surface area contributed by atoms with Gasteiger partial charge in [0, 0.05) is 10.7 Å². The predicted octanol–water partition coefficient (Wildman–Crippen LogP) is 3.94. The van der Waals surface area contributed by atoms with Crippen molar-refractivity contribution in [3.05, 3.63) is 35.2 Å². The fraction of sp³-hybridized carbons (Fsp3) is 0.467. The molecule has 2 nitrogen and oxygen atoms in total. The van der Waals surface area contributed by atoms with E-state index in [-0.39, 0.29) is 6.04 Å². The lowest BCUT2D eigenvalue weighted by molar-refractivity contribution is 0.375. The van der Waals surface area contributed by atoms with Crippen molar-refractivity contribution in [3.8, 4) is 0 Å². The Morgan fingerprint density at radius 3 is 2.89 bits per heavy atom. The van der Waals surface area contributed by atoms with Crippen LogP contribution in [0.5, 0.6) is 0 Å². The van der Waals surface area contributed by atoms with Crippen molar-refractivity contribution in [1.29, 1.82) is 0 Å². The molecule has 19 heavy (non-hydrogen) atoms. The molecule has 1 fully saturated rings. The highest BCUT2D eigenvalue weighted by molar-refractivity contribution is 7.99. The quantitative estimate of drug-likeness (QED) is 0.662. The van der Waals surface area contributed by atoms with Crippen LogP contribution in [0.1, 0.15) is 30.9 Å². The van der Waals surface area contributed by atoms with E-state index in [9.17, 15) is 0 Å².